The molecule has 2 aliphatic rings. The third-order valence-corrected chi connectivity index (χ3v) is 7.92. The van der Waals surface area contributed by atoms with Gasteiger partial charge in [-0.25, -0.2) is 9.78 Å². The molecule has 0 aliphatic carbocycles. The minimum Gasteiger partial charge on any atom is -0.457 e. The van der Waals surface area contributed by atoms with Crippen LogP contribution in [0.3, 0.4) is 0 Å². The van der Waals surface area contributed by atoms with Gasteiger partial charge in [0.25, 0.3) is 5.91 Å². The number of ether oxygens (including phenoxy) is 1. The van der Waals surface area contributed by atoms with Crippen LogP contribution >= 0.6 is 11.3 Å². The number of para-hydroxylation sites is 1. The van der Waals surface area contributed by atoms with Crippen LogP contribution in [0.2, 0.25) is 0 Å². The number of nitrogens with zero attached hydrogens (tertiary/aromatic N) is 3. The number of amides is 4. The SMILES string of the molecule is C=CC(=O)N[C@@H]1CCN(C(=O)c2sc3nccc4c3c2NC(=O)N4c2ccc(Oc3ccccc3)cc2C)C1. The van der Waals surface area contributed by atoms with Crippen LogP contribution in [0.1, 0.15) is 21.7 Å². The van der Waals surface area contributed by atoms with E-state index in [1.165, 1.54) is 17.4 Å². The van der Waals surface area contributed by atoms with Crippen LogP contribution in [0.4, 0.5) is 21.9 Å². The minimum atomic E-state index is -0.361. The van der Waals surface area contributed by atoms with Gasteiger partial charge < -0.3 is 20.3 Å². The number of carbonyl (C=O) groups is 3. The van der Waals surface area contributed by atoms with E-state index in [0.29, 0.717) is 52.0 Å². The zero-order valence-electron chi connectivity index (χ0n) is 21.1. The topological polar surface area (TPSA) is 104 Å². The molecule has 4 heterocycles. The fraction of sp³-hybridized carbons (Fsp3) is 0.172. The van der Waals surface area contributed by atoms with Crippen LogP contribution in [0, 0.1) is 6.92 Å². The summed E-state index contributed by atoms with van der Waals surface area (Å²) in [5, 5.41) is 6.53. The van der Waals surface area contributed by atoms with Crippen molar-refractivity contribution < 1.29 is 19.1 Å². The van der Waals surface area contributed by atoms with E-state index in [1.807, 2.05) is 55.5 Å². The zero-order chi connectivity index (χ0) is 27.1. The highest BCUT2D eigenvalue weighted by Crippen LogP contribution is 2.47. The summed E-state index contributed by atoms with van der Waals surface area (Å²) in [6.07, 6.45) is 3.52. The molecule has 1 saturated heterocycles. The van der Waals surface area contributed by atoms with E-state index < -0.39 is 0 Å². The predicted molar refractivity (Wildman–Crippen MR) is 151 cm³/mol. The molecule has 1 atom stereocenters. The lowest BCUT2D eigenvalue weighted by Crippen LogP contribution is -2.38. The van der Waals surface area contributed by atoms with E-state index in [1.54, 1.807) is 22.1 Å². The van der Waals surface area contributed by atoms with Crippen molar-refractivity contribution in [3.05, 3.63) is 83.9 Å². The first kappa shape index (κ1) is 24.6. The smallest absolute Gasteiger partial charge is 0.331 e. The Bertz CT molecular complexity index is 1630. The van der Waals surface area contributed by atoms with Crippen molar-refractivity contribution in [2.45, 2.75) is 19.4 Å². The summed E-state index contributed by atoms with van der Waals surface area (Å²) in [4.78, 5) is 47.6. The Kier molecular flexibility index (Phi) is 6.24. The molecular weight excluding hydrogens is 514 g/mol. The Morgan fingerprint density at radius 3 is 2.74 bits per heavy atom. The molecule has 9 nitrogen and oxygen atoms in total. The molecule has 10 heteroatoms. The number of urea groups is 1. The van der Waals surface area contributed by atoms with E-state index in [2.05, 4.69) is 22.2 Å². The lowest BCUT2D eigenvalue weighted by atomic mass is 10.1. The monoisotopic (exact) mass is 539 g/mol. The number of benzene rings is 2. The third kappa shape index (κ3) is 4.48. The molecule has 0 bridgehead atoms. The molecule has 39 heavy (non-hydrogen) atoms. The van der Waals surface area contributed by atoms with Gasteiger partial charge in [0.15, 0.2) is 0 Å². The molecule has 6 rings (SSSR count). The lowest BCUT2D eigenvalue weighted by Gasteiger charge is -2.30. The maximum atomic E-state index is 13.5. The van der Waals surface area contributed by atoms with Crippen LogP contribution in [-0.4, -0.2) is 46.9 Å². The first-order valence-electron chi connectivity index (χ1n) is 12.5. The van der Waals surface area contributed by atoms with Gasteiger partial charge in [0, 0.05) is 25.3 Å². The number of likely N-dealkylation sites (tertiary alicyclic amines) is 1. The van der Waals surface area contributed by atoms with Gasteiger partial charge >= 0.3 is 6.03 Å². The number of aryl methyl sites for hydroxylation is 1. The maximum absolute atomic E-state index is 13.5. The second-order valence-electron chi connectivity index (χ2n) is 9.39. The van der Waals surface area contributed by atoms with Gasteiger partial charge in [-0.05, 0) is 61.4 Å². The van der Waals surface area contributed by atoms with Gasteiger partial charge in [-0.3, -0.25) is 14.5 Å². The van der Waals surface area contributed by atoms with Crippen molar-refractivity contribution in [1.29, 1.82) is 0 Å². The number of nitrogens with one attached hydrogen (secondary N) is 2. The van der Waals surface area contributed by atoms with Crippen molar-refractivity contribution in [1.82, 2.24) is 15.2 Å². The average molecular weight is 540 g/mol. The van der Waals surface area contributed by atoms with E-state index in [4.69, 9.17) is 4.74 Å². The van der Waals surface area contributed by atoms with E-state index in [-0.39, 0.29) is 23.9 Å². The molecule has 1 fully saturated rings. The Balaban J connectivity index is 1.31. The average Bonchev–Trinajstić information content (AvgIpc) is 3.55. The normalized spacial score (nSPS) is 16.2. The zero-order valence-corrected chi connectivity index (χ0v) is 22.0. The van der Waals surface area contributed by atoms with Gasteiger partial charge in [0.2, 0.25) is 5.91 Å². The summed E-state index contributed by atoms with van der Waals surface area (Å²) in [6.45, 7) is 6.30. The van der Waals surface area contributed by atoms with Crippen LogP contribution in [-0.2, 0) is 4.79 Å². The molecule has 2 aromatic heterocycles. The van der Waals surface area contributed by atoms with Crippen molar-refractivity contribution in [2.75, 3.05) is 23.3 Å². The fourth-order valence-electron chi connectivity index (χ4n) is 5.01. The molecular formula is C29H25N5O4S. The van der Waals surface area contributed by atoms with E-state index >= 15 is 0 Å². The van der Waals surface area contributed by atoms with Crippen LogP contribution in [0.15, 0.2) is 73.4 Å². The Labute approximate surface area is 228 Å². The number of pyridine rings is 1. The highest BCUT2D eigenvalue weighted by atomic mass is 32.1. The molecule has 0 spiro atoms. The highest BCUT2D eigenvalue weighted by Gasteiger charge is 2.36. The van der Waals surface area contributed by atoms with Crippen LogP contribution in [0.5, 0.6) is 11.5 Å². The number of carbonyl (C=O) groups excluding carboxylic acids is 3. The Hall–Kier alpha value is -4.70. The number of rotatable bonds is 6. The van der Waals surface area contributed by atoms with Gasteiger partial charge in [-0.2, -0.15) is 0 Å². The summed E-state index contributed by atoms with van der Waals surface area (Å²) in [7, 11) is 0. The second kappa shape index (κ2) is 9.88. The summed E-state index contributed by atoms with van der Waals surface area (Å²) in [5.74, 6) is 0.935. The summed E-state index contributed by atoms with van der Waals surface area (Å²) in [6, 6.07) is 16.4. The van der Waals surface area contributed by atoms with Crippen LogP contribution in [0.25, 0.3) is 10.2 Å². The molecule has 0 saturated carbocycles. The van der Waals surface area contributed by atoms with E-state index in [0.717, 1.165) is 16.7 Å². The molecule has 4 aromatic rings. The number of aromatic nitrogens is 1. The van der Waals surface area contributed by atoms with Gasteiger partial charge in [-0.15, -0.1) is 11.3 Å². The Morgan fingerprint density at radius 2 is 1.97 bits per heavy atom. The van der Waals surface area contributed by atoms with Crippen molar-refractivity contribution >= 4 is 56.5 Å². The highest BCUT2D eigenvalue weighted by molar-refractivity contribution is 7.21. The van der Waals surface area contributed by atoms with Crippen molar-refractivity contribution in [3.8, 4) is 11.5 Å². The first-order chi connectivity index (χ1) is 18.9. The van der Waals surface area contributed by atoms with Gasteiger partial charge in [0.1, 0.15) is 21.2 Å². The quantitative estimate of drug-likeness (QED) is 0.311. The van der Waals surface area contributed by atoms with Crippen LogP contribution < -0.4 is 20.3 Å². The molecule has 0 unspecified atom stereocenters. The largest absolute Gasteiger partial charge is 0.457 e. The van der Waals surface area contributed by atoms with Crippen molar-refractivity contribution in [2.24, 2.45) is 0 Å². The standard InChI is InChI=1S/C29H25N5O4S/c1-3-23(35)31-18-12-14-33(16-18)28(36)26-25-24-22(11-13-30-27(24)39-26)34(29(37)32-25)21-10-9-20(15-17(21)2)38-19-7-5-4-6-8-19/h3-11,13,15,18H,1,12,14,16H2,2H3,(H,31,35)(H,32,37)/t18-/m1/s1. The number of hydrogen-bond donors (Lipinski definition) is 2. The molecule has 0 radical (unpaired) electrons. The summed E-state index contributed by atoms with van der Waals surface area (Å²) >= 11 is 1.26. The number of anilines is 3. The first-order valence-corrected chi connectivity index (χ1v) is 13.3. The molecule has 2 aliphatic heterocycles. The predicted octanol–water partition coefficient (Wildman–Crippen LogP) is 5.60. The fourth-order valence-corrected chi connectivity index (χ4v) is 6.09. The maximum Gasteiger partial charge on any atom is 0.331 e. The third-order valence-electron chi connectivity index (χ3n) is 6.84. The minimum absolute atomic E-state index is 0.138. The van der Waals surface area contributed by atoms with E-state index in [9.17, 15) is 14.4 Å². The van der Waals surface area contributed by atoms with Crippen molar-refractivity contribution in [3.63, 3.8) is 0 Å². The van der Waals surface area contributed by atoms with Gasteiger partial charge in [0.05, 0.1) is 22.4 Å². The number of thiophene rings is 1. The molecule has 4 amide bonds. The van der Waals surface area contributed by atoms with Gasteiger partial charge in [-0.1, -0.05) is 24.8 Å². The lowest BCUT2D eigenvalue weighted by molar-refractivity contribution is -0.117. The summed E-state index contributed by atoms with van der Waals surface area (Å²) in [5.41, 5.74) is 2.68. The molecule has 2 N–H and O–H groups in total. The summed E-state index contributed by atoms with van der Waals surface area (Å²) < 4.78 is 5.96. The molecule has 196 valence electrons. The Morgan fingerprint density at radius 1 is 1.15 bits per heavy atom. The molecule has 2 aromatic carbocycles. The second-order valence-corrected chi connectivity index (χ2v) is 10.4. The number of hydrogen-bond acceptors (Lipinski definition) is 6.